The smallest absolute Gasteiger partial charge is 0.137 e. The zero-order valence-electron chi connectivity index (χ0n) is 15.0. The Kier molecular flexibility index (Phi) is 4.30. The maximum atomic E-state index is 12.2. The third-order valence-corrected chi connectivity index (χ3v) is 5.54. The first-order valence-corrected chi connectivity index (χ1v) is 9.23. The van der Waals surface area contributed by atoms with Crippen LogP contribution in [-0.2, 0) is 11.2 Å². The summed E-state index contributed by atoms with van der Waals surface area (Å²) in [5.41, 5.74) is 6.08. The number of aliphatic imine (C=N–C) groups is 1. The van der Waals surface area contributed by atoms with Gasteiger partial charge in [0.15, 0.2) is 0 Å². The summed E-state index contributed by atoms with van der Waals surface area (Å²) in [5, 5.41) is 3.21. The molecule has 0 saturated heterocycles. The monoisotopic (exact) mass is 335 g/mol. The van der Waals surface area contributed by atoms with Crippen molar-refractivity contribution in [1.29, 1.82) is 0 Å². The molecule has 0 fully saturated rings. The highest BCUT2D eigenvalue weighted by Crippen LogP contribution is 2.41. The summed E-state index contributed by atoms with van der Waals surface area (Å²) in [6.07, 6.45) is 14.8. The van der Waals surface area contributed by atoms with Crippen molar-refractivity contribution in [3.8, 4) is 0 Å². The van der Waals surface area contributed by atoms with Crippen LogP contribution in [0.25, 0.3) is 11.3 Å². The van der Waals surface area contributed by atoms with Crippen molar-refractivity contribution in [3.63, 3.8) is 0 Å². The Morgan fingerprint density at radius 2 is 2.32 bits per heavy atom. The number of hydrogen-bond acceptors (Lipinski definition) is 3. The van der Waals surface area contributed by atoms with Crippen molar-refractivity contribution >= 4 is 23.3 Å². The molecule has 2 aliphatic carbocycles. The molecular weight excluding hydrogens is 310 g/mol. The van der Waals surface area contributed by atoms with Gasteiger partial charge in [-0.25, -0.2) is 0 Å². The van der Waals surface area contributed by atoms with Gasteiger partial charge in [-0.3, -0.25) is 9.79 Å². The molecule has 0 radical (unpaired) electrons. The number of nitrogens with one attached hydrogen (secondary N) is 1. The number of nitrogens with zero attached hydrogens (tertiary/aromatic N) is 2. The lowest BCUT2D eigenvalue weighted by atomic mass is 9.79. The Morgan fingerprint density at radius 1 is 1.44 bits per heavy atom. The second kappa shape index (κ2) is 6.60. The van der Waals surface area contributed by atoms with E-state index >= 15 is 0 Å². The summed E-state index contributed by atoms with van der Waals surface area (Å²) in [6, 6.07) is 2.23. The van der Waals surface area contributed by atoms with Gasteiger partial charge in [-0.15, -0.1) is 0 Å². The van der Waals surface area contributed by atoms with Gasteiger partial charge in [0.05, 0.1) is 17.1 Å². The van der Waals surface area contributed by atoms with Crippen LogP contribution in [0.3, 0.4) is 0 Å². The molecule has 4 rings (SSSR count). The molecule has 1 aromatic rings. The quantitative estimate of drug-likeness (QED) is 0.838. The summed E-state index contributed by atoms with van der Waals surface area (Å²) >= 11 is 0. The van der Waals surface area contributed by atoms with E-state index in [1.165, 1.54) is 16.8 Å². The first-order valence-electron chi connectivity index (χ1n) is 9.23. The van der Waals surface area contributed by atoms with Gasteiger partial charge >= 0.3 is 0 Å². The Balaban J connectivity index is 1.80. The Hall–Kier alpha value is -2.20. The van der Waals surface area contributed by atoms with E-state index in [-0.39, 0.29) is 17.6 Å². The Labute approximate surface area is 149 Å². The van der Waals surface area contributed by atoms with Crippen molar-refractivity contribution < 1.29 is 4.79 Å². The molecule has 1 aliphatic heterocycles. The number of carbonyl (C=O) groups is 1. The number of aryl methyl sites for hydroxylation is 1. The number of ketones is 1. The Bertz CT molecular complexity index is 822. The highest BCUT2D eigenvalue weighted by molar-refractivity contribution is 6.12. The molecule has 1 aromatic heterocycles. The minimum atomic E-state index is -0.0677. The molecule has 1 N–H and O–H groups in total. The molecule has 0 aromatic carbocycles. The first-order chi connectivity index (χ1) is 12.2. The fourth-order valence-corrected chi connectivity index (χ4v) is 4.31. The molecule has 0 amide bonds. The lowest BCUT2D eigenvalue weighted by Crippen LogP contribution is -2.26. The molecule has 4 nitrogen and oxygen atoms in total. The fraction of sp³-hybridized carbons (Fsp3) is 0.429. The molecule has 130 valence electrons. The number of hydrogen-bond donors (Lipinski definition) is 1. The van der Waals surface area contributed by atoms with E-state index in [0.717, 1.165) is 43.6 Å². The van der Waals surface area contributed by atoms with Gasteiger partial charge in [-0.2, -0.15) is 0 Å². The van der Waals surface area contributed by atoms with Gasteiger partial charge < -0.3 is 9.88 Å². The maximum absolute atomic E-state index is 12.2. The number of aromatic nitrogens is 1. The number of rotatable bonds is 5. The normalized spacial score (nSPS) is 23.8. The second-order valence-electron chi connectivity index (χ2n) is 7.13. The van der Waals surface area contributed by atoms with E-state index in [1.807, 2.05) is 13.3 Å². The van der Waals surface area contributed by atoms with E-state index in [9.17, 15) is 4.79 Å². The van der Waals surface area contributed by atoms with Crippen LogP contribution in [0, 0.1) is 11.8 Å². The van der Waals surface area contributed by atoms with Crippen LogP contribution in [0.5, 0.6) is 0 Å². The summed E-state index contributed by atoms with van der Waals surface area (Å²) in [7, 11) is 1.97. The number of allylic oxidation sites excluding steroid dienone is 6. The van der Waals surface area contributed by atoms with Crippen molar-refractivity contribution in [2.24, 2.45) is 16.8 Å². The van der Waals surface area contributed by atoms with E-state index in [2.05, 4.69) is 40.4 Å². The van der Waals surface area contributed by atoms with Crippen molar-refractivity contribution in [2.45, 2.75) is 32.6 Å². The highest BCUT2D eigenvalue weighted by Gasteiger charge is 2.33. The maximum Gasteiger partial charge on any atom is 0.137 e. The minimum absolute atomic E-state index is 0.0677. The SMILES string of the molecule is CNCCCC1C2=C(C=CC1C(C)=O)n1ccc3c1C(=CCC3)C=N2. The molecule has 3 aliphatic rings. The van der Waals surface area contributed by atoms with E-state index < -0.39 is 0 Å². The number of carbonyl (C=O) groups excluding carboxylic acids is 1. The lowest BCUT2D eigenvalue weighted by Gasteiger charge is -2.29. The van der Waals surface area contributed by atoms with Crippen LogP contribution in [0.1, 0.15) is 37.4 Å². The van der Waals surface area contributed by atoms with Crippen LogP contribution >= 0.6 is 0 Å². The summed E-state index contributed by atoms with van der Waals surface area (Å²) < 4.78 is 2.28. The van der Waals surface area contributed by atoms with Gasteiger partial charge in [0.2, 0.25) is 0 Å². The van der Waals surface area contributed by atoms with E-state index in [1.54, 1.807) is 6.92 Å². The summed E-state index contributed by atoms with van der Waals surface area (Å²) in [5.74, 6) is 0.313. The molecule has 25 heavy (non-hydrogen) atoms. The summed E-state index contributed by atoms with van der Waals surface area (Å²) in [4.78, 5) is 17.1. The van der Waals surface area contributed by atoms with E-state index in [0.29, 0.717) is 0 Å². The Morgan fingerprint density at radius 3 is 3.12 bits per heavy atom. The van der Waals surface area contributed by atoms with Crippen LogP contribution in [-0.4, -0.2) is 30.2 Å². The van der Waals surface area contributed by atoms with E-state index in [4.69, 9.17) is 4.99 Å². The highest BCUT2D eigenvalue weighted by atomic mass is 16.1. The van der Waals surface area contributed by atoms with Gasteiger partial charge in [-0.05, 0) is 63.9 Å². The zero-order chi connectivity index (χ0) is 17.4. The molecule has 2 heterocycles. The molecule has 2 unspecified atom stereocenters. The predicted molar refractivity (Wildman–Crippen MR) is 102 cm³/mol. The first kappa shape index (κ1) is 16.3. The third-order valence-electron chi connectivity index (χ3n) is 5.54. The molecule has 0 spiro atoms. The van der Waals surface area contributed by atoms with Gasteiger partial charge in [0.25, 0.3) is 0 Å². The van der Waals surface area contributed by atoms with Crippen molar-refractivity contribution in [1.82, 2.24) is 9.88 Å². The third kappa shape index (κ3) is 2.74. The minimum Gasteiger partial charge on any atom is -0.320 e. The average Bonchev–Trinajstić information content (AvgIpc) is 2.96. The largest absolute Gasteiger partial charge is 0.320 e. The molecular formula is C21H25N3O. The molecule has 2 atom stereocenters. The number of Topliss-reactive ketones (excluding diaryl/α,β-unsaturated/α-hetero) is 1. The van der Waals surface area contributed by atoms with Gasteiger partial charge in [-0.1, -0.05) is 12.2 Å². The lowest BCUT2D eigenvalue weighted by molar-refractivity contribution is -0.120. The van der Waals surface area contributed by atoms with Crippen molar-refractivity contribution in [2.75, 3.05) is 13.6 Å². The molecule has 0 bridgehead atoms. The predicted octanol–water partition coefficient (Wildman–Crippen LogP) is 3.46. The van der Waals surface area contributed by atoms with Crippen LogP contribution in [0.2, 0.25) is 0 Å². The van der Waals surface area contributed by atoms with Gasteiger partial charge in [0.1, 0.15) is 5.78 Å². The van der Waals surface area contributed by atoms with Gasteiger partial charge in [0, 0.05) is 29.8 Å². The average molecular weight is 335 g/mol. The second-order valence-corrected chi connectivity index (χ2v) is 7.13. The number of fused-ring (bicyclic) bond motifs is 1. The zero-order valence-corrected chi connectivity index (χ0v) is 15.0. The summed E-state index contributed by atoms with van der Waals surface area (Å²) in [6.45, 7) is 2.66. The van der Waals surface area contributed by atoms with Crippen LogP contribution in [0.4, 0.5) is 0 Å². The molecule has 0 saturated carbocycles. The van der Waals surface area contributed by atoms with Crippen LogP contribution in [0.15, 0.2) is 41.2 Å². The topological polar surface area (TPSA) is 46.4 Å². The fourth-order valence-electron chi connectivity index (χ4n) is 4.31. The standard InChI is InChI=1S/C21H25N3O/c1-14(25)17-8-9-19-20(18(17)7-4-11-22-2)23-13-16-6-3-5-15-10-12-24(19)21(15)16/h6,8-10,12-13,17-18,22H,3-5,7,11H2,1-2H3. The molecule has 4 heteroatoms. The van der Waals surface area contributed by atoms with Crippen LogP contribution < -0.4 is 5.32 Å². The van der Waals surface area contributed by atoms with Crippen molar-refractivity contribution in [3.05, 3.63) is 47.4 Å².